The molecule has 0 fully saturated rings. The van der Waals surface area contributed by atoms with Gasteiger partial charge in [0.15, 0.2) is 0 Å². The average molecular weight is 361 g/mol. The third-order valence-electron chi connectivity index (χ3n) is 4.46. The van der Waals surface area contributed by atoms with E-state index in [4.69, 9.17) is 0 Å². The van der Waals surface area contributed by atoms with Gasteiger partial charge in [-0.2, -0.15) is 5.10 Å². The molecule has 0 spiro atoms. The van der Waals surface area contributed by atoms with E-state index in [1.165, 1.54) is 10.6 Å². The largest absolute Gasteiger partial charge is 0.346 e. The first kappa shape index (κ1) is 18.1. The lowest BCUT2D eigenvalue weighted by Crippen LogP contribution is -2.27. The van der Waals surface area contributed by atoms with Crippen LogP contribution in [0.3, 0.4) is 0 Å². The van der Waals surface area contributed by atoms with Crippen LogP contribution in [0, 0.1) is 5.92 Å². The van der Waals surface area contributed by atoms with Gasteiger partial charge in [-0.15, -0.1) is 11.3 Å². The van der Waals surface area contributed by atoms with Crippen LogP contribution in [0.4, 0.5) is 0 Å². The minimum atomic E-state index is -0.0134. The highest BCUT2D eigenvalue weighted by atomic mass is 32.1. The summed E-state index contributed by atoms with van der Waals surface area (Å²) in [6.07, 6.45) is 2.10. The zero-order valence-corrected chi connectivity index (χ0v) is 16.2. The van der Waals surface area contributed by atoms with Gasteiger partial charge in [-0.1, -0.05) is 20.8 Å². The highest BCUT2D eigenvalue weighted by Gasteiger charge is 2.17. The molecule has 0 saturated heterocycles. The zero-order valence-electron chi connectivity index (χ0n) is 15.4. The molecule has 0 radical (unpaired) electrons. The van der Waals surface area contributed by atoms with Crippen molar-refractivity contribution in [2.45, 2.75) is 53.2 Å². The average Bonchev–Trinajstić information content (AvgIpc) is 3.15. The number of fused-ring (bicyclic) bond motifs is 1. The van der Waals surface area contributed by atoms with Gasteiger partial charge in [-0.25, -0.2) is 0 Å². The van der Waals surface area contributed by atoms with Gasteiger partial charge in [0, 0.05) is 36.4 Å². The van der Waals surface area contributed by atoms with E-state index in [0.29, 0.717) is 12.5 Å². The Morgan fingerprint density at radius 2 is 2.20 bits per heavy atom. The SMILES string of the molecule is CCc1cc(C(=O)NCc2cc3n(n2)CCCN(CC(C)C)C3)cs1. The van der Waals surface area contributed by atoms with Crippen LogP contribution < -0.4 is 5.32 Å². The maximum atomic E-state index is 12.3. The zero-order chi connectivity index (χ0) is 17.8. The lowest BCUT2D eigenvalue weighted by Gasteiger charge is -2.21. The predicted molar refractivity (Wildman–Crippen MR) is 102 cm³/mol. The molecule has 1 N–H and O–H groups in total. The van der Waals surface area contributed by atoms with E-state index < -0.39 is 0 Å². The first-order valence-electron chi connectivity index (χ1n) is 9.18. The third kappa shape index (κ3) is 4.70. The lowest BCUT2D eigenvalue weighted by molar-refractivity contribution is 0.0950. The van der Waals surface area contributed by atoms with Crippen LogP contribution in [0.15, 0.2) is 17.5 Å². The van der Waals surface area contributed by atoms with Crippen molar-refractivity contribution in [3.63, 3.8) is 0 Å². The molecule has 1 amide bonds. The number of nitrogens with zero attached hydrogens (tertiary/aromatic N) is 3. The summed E-state index contributed by atoms with van der Waals surface area (Å²) in [4.78, 5) is 16.0. The normalized spacial score (nSPS) is 15.2. The Balaban J connectivity index is 1.60. The summed E-state index contributed by atoms with van der Waals surface area (Å²) >= 11 is 1.64. The number of rotatable bonds is 6. The molecule has 0 bridgehead atoms. The molecule has 3 heterocycles. The standard InChI is InChI=1S/C19H28N4OS/c1-4-18-8-15(13-25-18)19(24)20-10-16-9-17-12-22(11-14(2)3)6-5-7-23(17)21-16/h8-9,13-14H,4-7,10-12H2,1-3H3,(H,20,24). The van der Waals surface area contributed by atoms with Gasteiger partial charge in [0.2, 0.25) is 0 Å². The molecule has 1 aliphatic rings. The molecular weight excluding hydrogens is 332 g/mol. The molecule has 2 aromatic rings. The second-order valence-corrected chi connectivity index (χ2v) is 8.17. The Hall–Kier alpha value is -1.66. The number of thiophene rings is 1. The summed E-state index contributed by atoms with van der Waals surface area (Å²) in [5.74, 6) is 0.660. The minimum absolute atomic E-state index is 0.0134. The maximum Gasteiger partial charge on any atom is 0.252 e. The van der Waals surface area contributed by atoms with Crippen molar-refractivity contribution in [2.75, 3.05) is 13.1 Å². The van der Waals surface area contributed by atoms with Gasteiger partial charge in [0.25, 0.3) is 5.91 Å². The van der Waals surface area contributed by atoms with Gasteiger partial charge in [0.1, 0.15) is 0 Å². The molecule has 0 atom stereocenters. The Bertz CT molecular complexity index is 719. The Labute approximate surface area is 154 Å². The smallest absolute Gasteiger partial charge is 0.252 e. The number of carbonyl (C=O) groups is 1. The van der Waals surface area contributed by atoms with E-state index in [1.54, 1.807) is 11.3 Å². The summed E-state index contributed by atoms with van der Waals surface area (Å²) in [5, 5.41) is 9.62. The molecule has 5 nitrogen and oxygen atoms in total. The molecule has 3 rings (SSSR count). The molecule has 2 aromatic heterocycles. The van der Waals surface area contributed by atoms with Gasteiger partial charge >= 0.3 is 0 Å². The Kier molecular flexibility index (Phi) is 5.91. The summed E-state index contributed by atoms with van der Waals surface area (Å²) in [7, 11) is 0. The minimum Gasteiger partial charge on any atom is -0.346 e. The Morgan fingerprint density at radius 3 is 2.92 bits per heavy atom. The molecule has 0 unspecified atom stereocenters. The van der Waals surface area contributed by atoms with Crippen LogP contribution in [-0.2, 0) is 26.1 Å². The topological polar surface area (TPSA) is 50.2 Å². The number of aromatic nitrogens is 2. The molecule has 1 aliphatic heterocycles. The molecule has 6 heteroatoms. The van der Waals surface area contributed by atoms with Crippen LogP contribution in [0.2, 0.25) is 0 Å². The molecule has 0 aliphatic carbocycles. The van der Waals surface area contributed by atoms with E-state index in [0.717, 1.165) is 50.3 Å². The first-order chi connectivity index (χ1) is 12.0. The fraction of sp³-hybridized carbons (Fsp3) is 0.579. The number of hydrogen-bond donors (Lipinski definition) is 1. The molecule has 0 aromatic carbocycles. The van der Waals surface area contributed by atoms with Gasteiger partial charge in [-0.3, -0.25) is 14.4 Å². The van der Waals surface area contributed by atoms with Crippen LogP contribution in [-0.4, -0.2) is 33.7 Å². The molecular formula is C19H28N4OS. The monoisotopic (exact) mass is 360 g/mol. The fourth-order valence-electron chi connectivity index (χ4n) is 3.30. The van der Waals surface area contributed by atoms with E-state index >= 15 is 0 Å². The van der Waals surface area contributed by atoms with Crippen molar-refractivity contribution in [3.8, 4) is 0 Å². The third-order valence-corrected chi connectivity index (χ3v) is 5.54. The molecule has 136 valence electrons. The maximum absolute atomic E-state index is 12.3. The van der Waals surface area contributed by atoms with Crippen LogP contribution in [0.25, 0.3) is 0 Å². The Morgan fingerprint density at radius 1 is 1.36 bits per heavy atom. The highest BCUT2D eigenvalue weighted by Crippen LogP contribution is 2.17. The van der Waals surface area contributed by atoms with Crippen molar-refractivity contribution >= 4 is 17.2 Å². The van der Waals surface area contributed by atoms with Crippen LogP contribution in [0.5, 0.6) is 0 Å². The number of amides is 1. The number of hydrogen-bond acceptors (Lipinski definition) is 4. The van der Waals surface area contributed by atoms with E-state index in [2.05, 4.69) is 46.8 Å². The van der Waals surface area contributed by atoms with Crippen LogP contribution >= 0.6 is 11.3 Å². The van der Waals surface area contributed by atoms with Crippen molar-refractivity contribution in [2.24, 2.45) is 5.92 Å². The first-order valence-corrected chi connectivity index (χ1v) is 10.1. The van der Waals surface area contributed by atoms with Gasteiger partial charge in [0.05, 0.1) is 23.5 Å². The fourth-order valence-corrected chi connectivity index (χ4v) is 4.12. The second kappa shape index (κ2) is 8.15. The predicted octanol–water partition coefficient (Wildman–Crippen LogP) is 3.30. The van der Waals surface area contributed by atoms with Gasteiger partial charge < -0.3 is 5.32 Å². The number of nitrogens with one attached hydrogen (secondary N) is 1. The summed E-state index contributed by atoms with van der Waals surface area (Å²) < 4.78 is 2.11. The molecule has 0 saturated carbocycles. The second-order valence-electron chi connectivity index (χ2n) is 7.17. The van der Waals surface area contributed by atoms with Crippen molar-refractivity contribution in [3.05, 3.63) is 39.3 Å². The van der Waals surface area contributed by atoms with Gasteiger partial charge in [-0.05, 0) is 30.9 Å². The van der Waals surface area contributed by atoms with E-state index in [1.807, 2.05) is 11.4 Å². The summed E-state index contributed by atoms with van der Waals surface area (Å²) in [5.41, 5.74) is 2.96. The van der Waals surface area contributed by atoms with Crippen molar-refractivity contribution in [1.82, 2.24) is 20.0 Å². The summed E-state index contributed by atoms with van der Waals surface area (Å²) in [6.45, 7) is 11.3. The number of carbonyl (C=O) groups excluding carboxylic acids is 1. The van der Waals surface area contributed by atoms with E-state index in [-0.39, 0.29) is 5.91 Å². The lowest BCUT2D eigenvalue weighted by atomic mass is 10.2. The summed E-state index contributed by atoms with van der Waals surface area (Å²) in [6, 6.07) is 4.12. The highest BCUT2D eigenvalue weighted by molar-refractivity contribution is 7.10. The molecule has 25 heavy (non-hydrogen) atoms. The number of aryl methyl sites for hydroxylation is 2. The van der Waals surface area contributed by atoms with E-state index in [9.17, 15) is 4.79 Å². The van der Waals surface area contributed by atoms with Crippen molar-refractivity contribution in [1.29, 1.82) is 0 Å². The van der Waals surface area contributed by atoms with Crippen molar-refractivity contribution < 1.29 is 4.79 Å². The van der Waals surface area contributed by atoms with Crippen LogP contribution in [0.1, 0.15) is 53.8 Å². The quantitative estimate of drug-likeness (QED) is 0.860.